The number of nitrogens with one attached hydrogen (secondary N) is 1. The second-order valence-corrected chi connectivity index (χ2v) is 6.94. The van der Waals surface area contributed by atoms with Crippen LogP contribution < -0.4 is 10.2 Å². The first-order chi connectivity index (χ1) is 9.69. The number of rotatable bonds is 4. The zero-order valence-electron chi connectivity index (χ0n) is 12.0. The quantitative estimate of drug-likeness (QED) is 0.886. The molecule has 110 valence electrons. The molecule has 0 amide bonds. The molecule has 3 atom stereocenters. The molecule has 3 rings (SSSR count). The highest BCUT2D eigenvalue weighted by Crippen LogP contribution is 2.40. The third kappa shape index (κ3) is 2.74. The Morgan fingerprint density at radius 2 is 2.20 bits per heavy atom. The van der Waals surface area contributed by atoms with Gasteiger partial charge in [0.1, 0.15) is 0 Å². The molecule has 4 heteroatoms. The van der Waals surface area contributed by atoms with Crippen molar-refractivity contribution in [1.82, 2.24) is 5.32 Å². The van der Waals surface area contributed by atoms with E-state index in [0.717, 1.165) is 37.1 Å². The second-order valence-electron chi connectivity index (χ2n) is 6.03. The molecule has 0 aromatic heterocycles. The standard InChI is InChI=1S/C16H23BrN2O/c1-2-18-8-12-7-13(17)4-5-15(12)19-9-11-3-6-16(20)14(11)10-19/h4-5,7,11,14,16,18,20H,2-3,6,8-10H2,1H3. The number of hydrogen-bond donors (Lipinski definition) is 2. The van der Waals surface area contributed by atoms with E-state index < -0.39 is 0 Å². The van der Waals surface area contributed by atoms with Crippen molar-refractivity contribution in [3.8, 4) is 0 Å². The number of benzene rings is 1. The zero-order valence-corrected chi connectivity index (χ0v) is 13.6. The van der Waals surface area contributed by atoms with Crippen molar-refractivity contribution in [2.75, 3.05) is 24.5 Å². The maximum absolute atomic E-state index is 10.1. The molecule has 2 fully saturated rings. The number of aliphatic hydroxyl groups excluding tert-OH is 1. The fourth-order valence-electron chi connectivity index (χ4n) is 3.70. The van der Waals surface area contributed by atoms with Crippen LogP contribution in [0.2, 0.25) is 0 Å². The van der Waals surface area contributed by atoms with Crippen molar-refractivity contribution < 1.29 is 5.11 Å². The van der Waals surface area contributed by atoms with Gasteiger partial charge < -0.3 is 15.3 Å². The summed E-state index contributed by atoms with van der Waals surface area (Å²) in [4.78, 5) is 2.47. The molecule has 1 aromatic rings. The Morgan fingerprint density at radius 1 is 1.35 bits per heavy atom. The third-order valence-corrected chi connectivity index (χ3v) is 5.26. The van der Waals surface area contributed by atoms with Crippen LogP contribution in [0.1, 0.15) is 25.3 Å². The second kappa shape index (κ2) is 6.04. The van der Waals surface area contributed by atoms with E-state index in [-0.39, 0.29) is 6.10 Å². The van der Waals surface area contributed by atoms with Crippen LogP contribution in [0.25, 0.3) is 0 Å². The van der Waals surface area contributed by atoms with E-state index in [1.807, 2.05) is 0 Å². The van der Waals surface area contributed by atoms with Crippen molar-refractivity contribution in [2.24, 2.45) is 11.8 Å². The van der Waals surface area contributed by atoms with Gasteiger partial charge in [0.05, 0.1) is 6.10 Å². The highest BCUT2D eigenvalue weighted by atomic mass is 79.9. The van der Waals surface area contributed by atoms with Gasteiger partial charge in [-0.05, 0) is 49.1 Å². The van der Waals surface area contributed by atoms with Crippen molar-refractivity contribution in [1.29, 1.82) is 0 Å². The molecular weight excluding hydrogens is 316 g/mol. The van der Waals surface area contributed by atoms with Gasteiger partial charge in [0.2, 0.25) is 0 Å². The van der Waals surface area contributed by atoms with E-state index in [1.165, 1.54) is 17.7 Å². The van der Waals surface area contributed by atoms with Crippen LogP contribution in [0, 0.1) is 11.8 Å². The molecule has 20 heavy (non-hydrogen) atoms. The summed E-state index contributed by atoms with van der Waals surface area (Å²) in [5.41, 5.74) is 2.67. The summed E-state index contributed by atoms with van der Waals surface area (Å²) in [5.74, 6) is 1.16. The Hall–Kier alpha value is -0.580. The van der Waals surface area contributed by atoms with Gasteiger partial charge >= 0.3 is 0 Å². The summed E-state index contributed by atoms with van der Waals surface area (Å²) in [6, 6.07) is 6.54. The molecule has 2 N–H and O–H groups in total. The predicted octanol–water partition coefficient (Wildman–Crippen LogP) is 2.77. The van der Waals surface area contributed by atoms with Crippen LogP contribution in [0.4, 0.5) is 5.69 Å². The minimum Gasteiger partial charge on any atom is -0.393 e. The first-order valence-electron chi connectivity index (χ1n) is 7.61. The van der Waals surface area contributed by atoms with Gasteiger partial charge in [0.15, 0.2) is 0 Å². The van der Waals surface area contributed by atoms with Gasteiger partial charge in [-0.2, -0.15) is 0 Å². The monoisotopic (exact) mass is 338 g/mol. The number of halogens is 1. The van der Waals surface area contributed by atoms with Gasteiger partial charge in [-0.15, -0.1) is 0 Å². The van der Waals surface area contributed by atoms with Gasteiger partial charge in [0.25, 0.3) is 0 Å². The highest BCUT2D eigenvalue weighted by molar-refractivity contribution is 9.10. The zero-order chi connectivity index (χ0) is 14.1. The molecule has 3 unspecified atom stereocenters. The summed E-state index contributed by atoms with van der Waals surface area (Å²) in [7, 11) is 0. The molecule has 1 saturated heterocycles. The maximum Gasteiger partial charge on any atom is 0.0588 e. The number of nitrogens with zero attached hydrogens (tertiary/aromatic N) is 1. The Bertz CT molecular complexity index is 480. The van der Waals surface area contributed by atoms with Crippen LogP contribution in [0.15, 0.2) is 22.7 Å². The summed E-state index contributed by atoms with van der Waals surface area (Å²) in [6.07, 6.45) is 2.09. The molecule has 0 bridgehead atoms. The van der Waals surface area contributed by atoms with Crippen molar-refractivity contribution >= 4 is 21.6 Å². The summed E-state index contributed by atoms with van der Waals surface area (Å²) in [6.45, 7) is 6.12. The lowest BCUT2D eigenvalue weighted by molar-refractivity contribution is 0.133. The van der Waals surface area contributed by atoms with E-state index in [1.54, 1.807) is 0 Å². The Morgan fingerprint density at radius 3 is 2.95 bits per heavy atom. The van der Waals surface area contributed by atoms with E-state index in [9.17, 15) is 5.11 Å². The normalized spacial score (nSPS) is 28.9. The number of anilines is 1. The van der Waals surface area contributed by atoms with Gasteiger partial charge in [-0.1, -0.05) is 22.9 Å². The molecule has 1 saturated carbocycles. The van der Waals surface area contributed by atoms with Crippen LogP contribution in [0.5, 0.6) is 0 Å². The third-order valence-electron chi connectivity index (χ3n) is 4.77. The van der Waals surface area contributed by atoms with Crippen LogP contribution in [0.3, 0.4) is 0 Å². The highest BCUT2D eigenvalue weighted by Gasteiger charge is 2.42. The van der Waals surface area contributed by atoms with Gasteiger partial charge in [0, 0.05) is 35.7 Å². The van der Waals surface area contributed by atoms with Crippen molar-refractivity contribution in [3.05, 3.63) is 28.2 Å². The fraction of sp³-hybridized carbons (Fsp3) is 0.625. The Kier molecular flexibility index (Phi) is 4.34. The van der Waals surface area contributed by atoms with E-state index in [4.69, 9.17) is 0 Å². The minimum absolute atomic E-state index is 0.0855. The molecule has 2 aliphatic rings. The van der Waals surface area contributed by atoms with Crippen LogP contribution >= 0.6 is 15.9 Å². The summed E-state index contributed by atoms with van der Waals surface area (Å²) in [5, 5.41) is 13.5. The lowest BCUT2D eigenvalue weighted by atomic mass is 10.00. The molecule has 1 aromatic carbocycles. The molecular formula is C16H23BrN2O. The fourth-order valence-corrected chi connectivity index (χ4v) is 4.11. The Labute approximate surface area is 129 Å². The molecule has 1 aliphatic heterocycles. The van der Waals surface area contributed by atoms with E-state index >= 15 is 0 Å². The molecule has 1 heterocycles. The van der Waals surface area contributed by atoms with Crippen molar-refractivity contribution in [2.45, 2.75) is 32.4 Å². The Balaban J connectivity index is 1.80. The predicted molar refractivity (Wildman–Crippen MR) is 86.0 cm³/mol. The van der Waals surface area contributed by atoms with Gasteiger partial charge in [-0.3, -0.25) is 0 Å². The molecule has 3 nitrogen and oxygen atoms in total. The SMILES string of the molecule is CCNCc1cc(Br)ccc1N1CC2CCC(O)C2C1. The van der Waals surface area contributed by atoms with Crippen molar-refractivity contribution in [3.63, 3.8) is 0 Å². The summed E-state index contributed by atoms with van der Waals surface area (Å²) < 4.78 is 1.13. The van der Waals surface area contributed by atoms with Crippen LogP contribution in [-0.2, 0) is 6.54 Å². The topological polar surface area (TPSA) is 35.5 Å². The number of aliphatic hydroxyl groups is 1. The molecule has 1 aliphatic carbocycles. The van der Waals surface area contributed by atoms with Crippen LogP contribution in [-0.4, -0.2) is 30.8 Å². The molecule has 0 radical (unpaired) electrons. The molecule has 0 spiro atoms. The number of fused-ring (bicyclic) bond motifs is 1. The van der Waals surface area contributed by atoms with Gasteiger partial charge in [-0.25, -0.2) is 0 Å². The lowest BCUT2D eigenvalue weighted by Crippen LogP contribution is -2.26. The summed E-state index contributed by atoms with van der Waals surface area (Å²) >= 11 is 3.57. The van der Waals surface area contributed by atoms with E-state index in [2.05, 4.69) is 51.3 Å². The average molecular weight is 339 g/mol. The lowest BCUT2D eigenvalue weighted by Gasteiger charge is -2.24. The maximum atomic E-state index is 10.1. The minimum atomic E-state index is -0.0855. The van der Waals surface area contributed by atoms with E-state index in [0.29, 0.717) is 11.8 Å². The smallest absolute Gasteiger partial charge is 0.0588 e. The number of hydrogen-bond acceptors (Lipinski definition) is 3. The first kappa shape index (κ1) is 14.4. The first-order valence-corrected chi connectivity index (χ1v) is 8.40. The largest absolute Gasteiger partial charge is 0.393 e. The average Bonchev–Trinajstić information content (AvgIpc) is 2.99.